The Morgan fingerprint density at radius 2 is 1.68 bits per heavy atom. The average molecular weight is 525 g/mol. The lowest BCUT2D eigenvalue weighted by molar-refractivity contribution is -0.396. The van der Waals surface area contributed by atoms with Crippen LogP contribution in [0, 0.1) is 10.1 Å². The van der Waals surface area contributed by atoms with Crippen LogP contribution in [0.4, 0.5) is 10.7 Å². The molecule has 14 nitrogen and oxygen atoms in total. The number of ether oxygens (including phenoxy) is 5. The normalized spacial score (nSPS) is 10.8. The van der Waals surface area contributed by atoms with Gasteiger partial charge >= 0.3 is 12.0 Å². The van der Waals surface area contributed by atoms with Crippen LogP contribution in [0.5, 0.6) is 23.0 Å². The third-order valence-electron chi connectivity index (χ3n) is 5.77. The summed E-state index contributed by atoms with van der Waals surface area (Å²) in [5, 5.41) is 15.7. The van der Waals surface area contributed by atoms with Gasteiger partial charge in [-0.2, -0.15) is 9.78 Å². The van der Waals surface area contributed by atoms with Crippen LogP contribution in [0.3, 0.4) is 0 Å². The molecule has 0 aliphatic heterocycles. The zero-order valence-corrected chi connectivity index (χ0v) is 21.1. The number of nitrogens with zero attached hydrogens (tertiary/aromatic N) is 5. The monoisotopic (exact) mass is 525 g/mol. The second-order valence-electron chi connectivity index (χ2n) is 7.81. The maximum atomic E-state index is 13.6. The van der Waals surface area contributed by atoms with Gasteiger partial charge in [0.05, 0.1) is 41.0 Å². The van der Waals surface area contributed by atoms with Crippen molar-refractivity contribution < 1.29 is 38.2 Å². The van der Waals surface area contributed by atoms with E-state index in [-0.39, 0.29) is 40.6 Å². The second kappa shape index (κ2) is 10.5. The predicted octanol–water partition coefficient (Wildman–Crippen LogP) is 3.13. The fraction of sp³-hybridized carbons (Fsp3) is 0.250. The summed E-state index contributed by atoms with van der Waals surface area (Å²) >= 11 is 0. The van der Waals surface area contributed by atoms with Crippen LogP contribution in [0.1, 0.15) is 21.7 Å². The Morgan fingerprint density at radius 1 is 1.00 bits per heavy atom. The summed E-state index contributed by atoms with van der Waals surface area (Å²) in [5.41, 5.74) is 0.677. The van der Waals surface area contributed by atoms with E-state index in [0.29, 0.717) is 16.9 Å². The number of methoxy groups -OCH3 is 4. The topological polar surface area (TPSA) is 159 Å². The number of carbonyl (C=O) groups excluding carboxylic acids is 2. The van der Waals surface area contributed by atoms with Crippen molar-refractivity contribution in [2.24, 2.45) is 7.05 Å². The summed E-state index contributed by atoms with van der Waals surface area (Å²) in [6, 6.07) is 7.71. The number of rotatable bonds is 9. The zero-order chi connectivity index (χ0) is 27.6. The number of fused-ring (bicyclic) bond motifs is 1. The quantitative estimate of drug-likeness (QED) is 0.179. The van der Waals surface area contributed by atoms with Crippen molar-refractivity contribution >= 4 is 28.7 Å². The van der Waals surface area contributed by atoms with E-state index in [0.717, 1.165) is 4.68 Å². The molecular formula is C24H23N5O9. The number of ketones is 1. The van der Waals surface area contributed by atoms with Crippen LogP contribution < -0.4 is 18.9 Å². The molecule has 2 heterocycles. The first-order chi connectivity index (χ1) is 18.2. The van der Waals surface area contributed by atoms with E-state index in [1.807, 2.05) is 0 Å². The summed E-state index contributed by atoms with van der Waals surface area (Å²) < 4.78 is 28.7. The van der Waals surface area contributed by atoms with Gasteiger partial charge in [-0.3, -0.25) is 4.79 Å². The fourth-order valence-electron chi connectivity index (χ4n) is 3.81. The second-order valence-corrected chi connectivity index (χ2v) is 7.81. The van der Waals surface area contributed by atoms with Gasteiger partial charge in [-0.1, -0.05) is 4.98 Å². The predicted molar refractivity (Wildman–Crippen MR) is 131 cm³/mol. The minimum absolute atomic E-state index is 0.0370. The summed E-state index contributed by atoms with van der Waals surface area (Å²) in [6.45, 7) is -0.322. The van der Waals surface area contributed by atoms with Gasteiger partial charge < -0.3 is 33.8 Å². The Balaban J connectivity index is 1.74. The molecule has 38 heavy (non-hydrogen) atoms. The molecule has 0 saturated carbocycles. The van der Waals surface area contributed by atoms with Gasteiger partial charge in [-0.05, 0) is 29.2 Å². The summed E-state index contributed by atoms with van der Waals surface area (Å²) in [6.07, 6.45) is 0.311. The van der Waals surface area contributed by atoms with E-state index < -0.39 is 22.7 Å². The molecule has 0 unspecified atom stereocenters. The first-order valence-electron chi connectivity index (χ1n) is 11.0. The first kappa shape index (κ1) is 25.9. The molecule has 4 rings (SSSR count). The zero-order valence-electron chi connectivity index (χ0n) is 21.1. The number of nitro groups is 1. The van der Waals surface area contributed by atoms with Crippen molar-refractivity contribution in [3.63, 3.8) is 0 Å². The highest BCUT2D eigenvalue weighted by Crippen LogP contribution is 2.39. The van der Waals surface area contributed by atoms with Crippen molar-refractivity contribution in [2.75, 3.05) is 28.4 Å². The Kier molecular flexibility index (Phi) is 7.14. The molecule has 198 valence electrons. The maximum absolute atomic E-state index is 13.6. The van der Waals surface area contributed by atoms with Gasteiger partial charge in [0.15, 0.2) is 23.8 Å². The minimum atomic E-state index is -0.920. The SMILES string of the molecule is COc1ccc2c(C(=O)c3cc(OC)c(OC)c(OC)c3)nn(C(=O)OCc3cnc([N+](=O)[O-])n3C)c2c1. The molecule has 0 bridgehead atoms. The standard InChI is InChI=1S/C24H23N5O9/c1-27-14(11-25-23(27)29(32)33)12-38-24(31)28-17-10-15(34-2)6-7-16(17)20(26-28)21(30)13-8-18(35-3)22(37-5)19(9-13)36-4/h6-11H,12H2,1-5H3. The fourth-order valence-corrected chi connectivity index (χ4v) is 3.81. The maximum Gasteiger partial charge on any atom is 0.435 e. The van der Waals surface area contributed by atoms with Gasteiger partial charge in [0.2, 0.25) is 11.5 Å². The lowest BCUT2D eigenvalue weighted by atomic mass is 10.0. The van der Waals surface area contributed by atoms with E-state index in [9.17, 15) is 19.7 Å². The smallest absolute Gasteiger partial charge is 0.435 e. The third kappa shape index (κ3) is 4.54. The highest BCUT2D eigenvalue weighted by atomic mass is 16.6. The van der Waals surface area contributed by atoms with Crippen LogP contribution in [0.25, 0.3) is 10.9 Å². The highest BCUT2D eigenvalue weighted by molar-refractivity contribution is 6.16. The Labute approximate surface area is 215 Å². The van der Waals surface area contributed by atoms with Crippen molar-refractivity contribution in [3.05, 3.63) is 63.6 Å². The molecule has 0 amide bonds. The van der Waals surface area contributed by atoms with E-state index >= 15 is 0 Å². The van der Waals surface area contributed by atoms with Crippen molar-refractivity contribution in [2.45, 2.75) is 6.61 Å². The molecule has 0 radical (unpaired) electrons. The Bertz CT molecular complexity index is 1530. The highest BCUT2D eigenvalue weighted by Gasteiger charge is 2.26. The molecule has 0 fully saturated rings. The van der Waals surface area contributed by atoms with Gasteiger partial charge in [0, 0.05) is 17.0 Å². The van der Waals surface area contributed by atoms with Crippen LogP contribution in [-0.2, 0) is 18.4 Å². The lowest BCUT2D eigenvalue weighted by Gasteiger charge is -2.13. The first-order valence-corrected chi connectivity index (χ1v) is 11.0. The van der Waals surface area contributed by atoms with E-state index in [4.69, 9.17) is 23.7 Å². The minimum Gasteiger partial charge on any atom is -0.497 e. The molecule has 0 atom stereocenters. The van der Waals surface area contributed by atoms with Gasteiger partial charge in [-0.25, -0.2) is 9.36 Å². The Morgan fingerprint density at radius 3 is 2.24 bits per heavy atom. The molecule has 0 spiro atoms. The van der Waals surface area contributed by atoms with Gasteiger partial charge in [0.25, 0.3) is 0 Å². The van der Waals surface area contributed by atoms with E-state index in [2.05, 4.69) is 10.1 Å². The van der Waals surface area contributed by atoms with E-state index in [1.165, 1.54) is 64.4 Å². The molecule has 2 aromatic carbocycles. The number of benzene rings is 2. The number of hydrogen-bond donors (Lipinski definition) is 0. The van der Waals surface area contributed by atoms with Crippen LogP contribution in [0.2, 0.25) is 0 Å². The molecular weight excluding hydrogens is 502 g/mol. The molecule has 0 aliphatic carbocycles. The number of hydrogen-bond acceptors (Lipinski definition) is 11. The summed E-state index contributed by atoms with van der Waals surface area (Å²) in [4.78, 5) is 40.7. The van der Waals surface area contributed by atoms with Crippen LogP contribution in [0.15, 0.2) is 36.5 Å². The van der Waals surface area contributed by atoms with E-state index in [1.54, 1.807) is 12.1 Å². The summed E-state index contributed by atoms with van der Waals surface area (Å²) in [5.74, 6) is 0.346. The molecule has 14 heteroatoms. The number of aromatic nitrogens is 4. The third-order valence-corrected chi connectivity index (χ3v) is 5.77. The van der Waals surface area contributed by atoms with Crippen molar-refractivity contribution in [3.8, 4) is 23.0 Å². The molecule has 0 saturated heterocycles. The average Bonchev–Trinajstić information content (AvgIpc) is 3.50. The Hall–Kier alpha value is -5.14. The van der Waals surface area contributed by atoms with Gasteiger partial charge in [0.1, 0.15) is 17.6 Å². The van der Waals surface area contributed by atoms with Crippen LogP contribution in [-0.4, -0.2) is 64.6 Å². The molecule has 4 aromatic rings. The number of imidazole rings is 1. The molecule has 0 N–H and O–H groups in total. The van der Waals surface area contributed by atoms with Crippen LogP contribution >= 0.6 is 0 Å². The largest absolute Gasteiger partial charge is 0.497 e. The van der Waals surface area contributed by atoms with Crippen molar-refractivity contribution in [1.82, 2.24) is 19.3 Å². The number of carbonyl (C=O) groups is 2. The van der Waals surface area contributed by atoms with Gasteiger partial charge in [-0.15, -0.1) is 0 Å². The molecule has 0 aliphatic rings. The lowest BCUT2D eigenvalue weighted by Crippen LogP contribution is -2.17. The summed E-state index contributed by atoms with van der Waals surface area (Å²) in [7, 11) is 7.18. The molecule has 2 aromatic heterocycles. The van der Waals surface area contributed by atoms with Crippen molar-refractivity contribution in [1.29, 1.82) is 0 Å².